The molecule has 1 N–H and O–H groups in total. The molecular weight excluding hydrogens is 338 g/mol. The van der Waals surface area contributed by atoms with E-state index in [0.29, 0.717) is 17.6 Å². The average Bonchev–Trinajstić information content (AvgIpc) is 3.06. The van der Waals surface area contributed by atoms with Gasteiger partial charge in [0.1, 0.15) is 5.65 Å². The first-order valence-corrected chi connectivity index (χ1v) is 10.3. The average molecular weight is 372 g/mol. The monoisotopic (exact) mass is 371 g/mol. The molecule has 27 heavy (non-hydrogen) atoms. The maximum absolute atomic E-state index is 12.9. The van der Waals surface area contributed by atoms with E-state index < -0.39 is 0 Å². The summed E-state index contributed by atoms with van der Waals surface area (Å²) in [6, 6.07) is 4.18. The van der Waals surface area contributed by atoms with Crippen LogP contribution in [0.15, 0.2) is 18.3 Å². The topological polar surface area (TPSA) is 55.6 Å². The minimum atomic E-state index is -0.0161. The number of rotatable bonds is 6. The van der Waals surface area contributed by atoms with Crippen LogP contribution in [-0.4, -0.2) is 33.5 Å². The van der Waals surface area contributed by atoms with Crippen molar-refractivity contribution in [3.8, 4) is 0 Å². The molecule has 0 aliphatic heterocycles. The summed E-state index contributed by atoms with van der Waals surface area (Å²) in [7, 11) is 0. The molecule has 2 aromatic heterocycles. The molecule has 5 nitrogen and oxygen atoms in total. The number of hydrogen-bond acceptors (Lipinski definition) is 3. The predicted octanol–water partition coefficient (Wildman–Crippen LogP) is 4.31. The highest BCUT2D eigenvalue weighted by Crippen LogP contribution is 2.24. The molecule has 0 radical (unpaired) electrons. The molecule has 1 unspecified atom stereocenters. The first-order valence-electron chi connectivity index (χ1n) is 10.3. The third kappa shape index (κ3) is 4.52. The van der Waals surface area contributed by atoms with Crippen LogP contribution in [0.25, 0.3) is 5.65 Å². The zero-order valence-electron chi connectivity index (χ0n) is 17.3. The lowest BCUT2D eigenvalue weighted by molar-refractivity contribution is -0.0440. The van der Waals surface area contributed by atoms with Gasteiger partial charge in [-0.2, -0.15) is 0 Å². The van der Waals surface area contributed by atoms with Crippen LogP contribution in [0.1, 0.15) is 75.1 Å². The van der Waals surface area contributed by atoms with E-state index in [1.54, 1.807) is 0 Å². The molecule has 2 aromatic rings. The highest BCUT2D eigenvalue weighted by molar-refractivity contribution is 6.00. The Labute approximate surface area is 162 Å². The third-order valence-corrected chi connectivity index (χ3v) is 5.79. The standard InChI is InChI=1S/C22H33N3O2/c1-6-18-13-15(4)23-21-20(11-12-25(18)21)22(26)24-17-7-9-19(10-8-17)27-16(5)14(2)3/h11-14,16-17,19H,6-10H2,1-5H3,(H,24,26). The largest absolute Gasteiger partial charge is 0.375 e. The Morgan fingerprint density at radius 2 is 2.00 bits per heavy atom. The van der Waals surface area contributed by atoms with Crippen molar-refractivity contribution in [1.82, 2.24) is 14.7 Å². The Morgan fingerprint density at radius 3 is 2.63 bits per heavy atom. The molecule has 1 fully saturated rings. The summed E-state index contributed by atoms with van der Waals surface area (Å²) in [5, 5.41) is 3.22. The fourth-order valence-corrected chi connectivity index (χ4v) is 3.80. The second-order valence-corrected chi connectivity index (χ2v) is 8.20. The van der Waals surface area contributed by atoms with Crippen LogP contribution in [0.3, 0.4) is 0 Å². The second kappa shape index (κ2) is 8.42. The number of amides is 1. The third-order valence-electron chi connectivity index (χ3n) is 5.79. The summed E-state index contributed by atoms with van der Waals surface area (Å²) in [6.45, 7) is 10.6. The smallest absolute Gasteiger partial charge is 0.255 e. The molecule has 0 spiro atoms. The number of aromatic nitrogens is 2. The molecule has 2 heterocycles. The van der Waals surface area contributed by atoms with Crippen molar-refractivity contribution in [3.63, 3.8) is 0 Å². The summed E-state index contributed by atoms with van der Waals surface area (Å²) >= 11 is 0. The molecule has 0 aromatic carbocycles. The van der Waals surface area contributed by atoms with Crippen LogP contribution in [0.4, 0.5) is 0 Å². The lowest BCUT2D eigenvalue weighted by Gasteiger charge is -2.32. The molecule has 1 amide bonds. The van der Waals surface area contributed by atoms with E-state index in [2.05, 4.69) is 44.1 Å². The van der Waals surface area contributed by atoms with Crippen LogP contribution < -0.4 is 5.32 Å². The van der Waals surface area contributed by atoms with Gasteiger partial charge in [0.25, 0.3) is 5.91 Å². The van der Waals surface area contributed by atoms with E-state index in [1.807, 2.05) is 23.6 Å². The fourth-order valence-electron chi connectivity index (χ4n) is 3.80. The Morgan fingerprint density at radius 1 is 1.30 bits per heavy atom. The van der Waals surface area contributed by atoms with Gasteiger partial charge in [-0.1, -0.05) is 20.8 Å². The molecule has 0 bridgehead atoms. The first-order chi connectivity index (χ1) is 12.9. The summed E-state index contributed by atoms with van der Waals surface area (Å²) in [5.41, 5.74) is 3.55. The Balaban J connectivity index is 1.62. The normalized spacial score (nSPS) is 21.6. The SMILES string of the molecule is CCc1cc(C)nc2c(C(=O)NC3CCC(OC(C)C(C)C)CC3)ccn12. The minimum Gasteiger partial charge on any atom is -0.375 e. The maximum atomic E-state index is 12.9. The summed E-state index contributed by atoms with van der Waals surface area (Å²) < 4.78 is 8.18. The van der Waals surface area contributed by atoms with Gasteiger partial charge in [0.05, 0.1) is 17.8 Å². The highest BCUT2D eigenvalue weighted by Gasteiger charge is 2.26. The van der Waals surface area contributed by atoms with Crippen molar-refractivity contribution in [1.29, 1.82) is 0 Å². The molecule has 0 saturated heterocycles. The van der Waals surface area contributed by atoms with Gasteiger partial charge in [0, 0.05) is 23.6 Å². The van der Waals surface area contributed by atoms with E-state index in [-0.39, 0.29) is 18.1 Å². The molecule has 1 aliphatic carbocycles. The quantitative estimate of drug-likeness (QED) is 0.823. The molecule has 1 atom stereocenters. The van der Waals surface area contributed by atoms with Crippen LogP contribution in [0, 0.1) is 12.8 Å². The molecule has 1 saturated carbocycles. The van der Waals surface area contributed by atoms with Gasteiger partial charge in [0.2, 0.25) is 0 Å². The predicted molar refractivity (Wildman–Crippen MR) is 108 cm³/mol. The van der Waals surface area contributed by atoms with E-state index in [1.165, 1.54) is 5.69 Å². The van der Waals surface area contributed by atoms with Gasteiger partial charge in [-0.05, 0) is 64.0 Å². The Kier molecular flexibility index (Phi) is 6.20. The lowest BCUT2D eigenvalue weighted by Crippen LogP contribution is -2.40. The van der Waals surface area contributed by atoms with Crippen molar-refractivity contribution in [2.75, 3.05) is 0 Å². The Hall–Kier alpha value is -1.88. The molecule has 5 heteroatoms. The molecule has 3 rings (SSSR count). The molecule has 148 valence electrons. The maximum Gasteiger partial charge on any atom is 0.255 e. The Bertz CT molecular complexity index is 788. The van der Waals surface area contributed by atoms with E-state index >= 15 is 0 Å². The number of aryl methyl sites for hydroxylation is 2. The number of nitrogens with zero attached hydrogens (tertiary/aromatic N) is 2. The highest BCUT2D eigenvalue weighted by atomic mass is 16.5. The van der Waals surface area contributed by atoms with Crippen molar-refractivity contribution in [2.24, 2.45) is 5.92 Å². The molecular formula is C22H33N3O2. The van der Waals surface area contributed by atoms with Crippen LogP contribution in [-0.2, 0) is 11.2 Å². The van der Waals surface area contributed by atoms with Crippen molar-refractivity contribution >= 4 is 11.6 Å². The summed E-state index contributed by atoms with van der Waals surface area (Å²) in [5.74, 6) is 0.520. The van der Waals surface area contributed by atoms with E-state index in [9.17, 15) is 4.79 Å². The lowest BCUT2D eigenvalue weighted by atomic mass is 9.92. The van der Waals surface area contributed by atoms with Gasteiger partial charge in [0.15, 0.2) is 0 Å². The number of nitrogens with one attached hydrogen (secondary N) is 1. The number of ether oxygens (including phenoxy) is 1. The molecule has 1 aliphatic rings. The van der Waals surface area contributed by atoms with Crippen LogP contribution in [0.5, 0.6) is 0 Å². The van der Waals surface area contributed by atoms with Gasteiger partial charge < -0.3 is 14.5 Å². The van der Waals surface area contributed by atoms with Crippen molar-refractivity contribution < 1.29 is 9.53 Å². The van der Waals surface area contributed by atoms with Gasteiger partial charge in [-0.15, -0.1) is 0 Å². The second-order valence-electron chi connectivity index (χ2n) is 8.20. The summed E-state index contributed by atoms with van der Waals surface area (Å²) in [4.78, 5) is 17.5. The zero-order valence-corrected chi connectivity index (χ0v) is 17.3. The number of carbonyl (C=O) groups excluding carboxylic acids is 1. The van der Waals surface area contributed by atoms with Crippen LogP contribution in [0.2, 0.25) is 0 Å². The van der Waals surface area contributed by atoms with E-state index in [4.69, 9.17) is 4.74 Å². The number of hydrogen-bond donors (Lipinski definition) is 1. The van der Waals surface area contributed by atoms with E-state index in [0.717, 1.165) is 43.4 Å². The van der Waals surface area contributed by atoms with Gasteiger partial charge >= 0.3 is 0 Å². The van der Waals surface area contributed by atoms with Crippen molar-refractivity contribution in [2.45, 2.75) is 85.0 Å². The van der Waals surface area contributed by atoms with Crippen LogP contribution >= 0.6 is 0 Å². The number of carbonyl (C=O) groups is 1. The summed E-state index contributed by atoms with van der Waals surface area (Å²) in [6.07, 6.45) is 7.44. The minimum absolute atomic E-state index is 0.0161. The van der Waals surface area contributed by atoms with Crippen molar-refractivity contribution in [3.05, 3.63) is 35.3 Å². The zero-order chi connectivity index (χ0) is 19.6. The first kappa shape index (κ1) is 19.9. The van der Waals surface area contributed by atoms with Gasteiger partial charge in [-0.3, -0.25) is 4.79 Å². The fraction of sp³-hybridized carbons (Fsp3) is 0.636. The number of fused-ring (bicyclic) bond motifs is 1. The van der Waals surface area contributed by atoms with Gasteiger partial charge in [-0.25, -0.2) is 4.98 Å².